The Labute approximate surface area is 114 Å². The molecule has 0 spiro atoms. The van der Waals surface area contributed by atoms with Crippen LogP contribution in [0.3, 0.4) is 0 Å². The van der Waals surface area contributed by atoms with Crippen molar-refractivity contribution in [2.45, 2.75) is 39.3 Å². The molecule has 1 heterocycles. The Bertz CT molecular complexity index is 598. The number of hydrogen-bond acceptors (Lipinski definition) is 2. The highest BCUT2D eigenvalue weighted by molar-refractivity contribution is 5.34. The molecule has 1 N–H and O–H groups in total. The monoisotopic (exact) mass is 255 g/mol. The Hall–Kier alpha value is -1.61. The van der Waals surface area contributed by atoms with Crippen LogP contribution in [-0.4, -0.2) is 9.78 Å². The summed E-state index contributed by atoms with van der Waals surface area (Å²) in [7, 11) is 2.01. The molecule has 0 radical (unpaired) electrons. The van der Waals surface area contributed by atoms with Crippen molar-refractivity contribution in [1.29, 1.82) is 0 Å². The van der Waals surface area contributed by atoms with Gasteiger partial charge in [0.15, 0.2) is 0 Å². The molecular formula is C16H21N3. The third kappa shape index (κ3) is 2.19. The van der Waals surface area contributed by atoms with Gasteiger partial charge in [-0.1, -0.05) is 24.3 Å². The van der Waals surface area contributed by atoms with E-state index in [4.69, 9.17) is 0 Å². The van der Waals surface area contributed by atoms with E-state index in [0.29, 0.717) is 6.04 Å². The van der Waals surface area contributed by atoms with E-state index in [1.165, 1.54) is 35.2 Å². The summed E-state index contributed by atoms with van der Waals surface area (Å²) in [5, 5.41) is 8.17. The zero-order valence-corrected chi connectivity index (χ0v) is 11.9. The summed E-state index contributed by atoms with van der Waals surface area (Å²) in [6, 6.07) is 9.27. The maximum Gasteiger partial charge on any atom is 0.0641 e. The van der Waals surface area contributed by atoms with Crippen LogP contribution < -0.4 is 5.32 Å². The van der Waals surface area contributed by atoms with Crippen molar-refractivity contribution in [3.8, 4) is 0 Å². The minimum absolute atomic E-state index is 0.496. The number of rotatable bonds is 3. The van der Waals surface area contributed by atoms with Crippen LogP contribution in [0.5, 0.6) is 0 Å². The Morgan fingerprint density at radius 2 is 2.11 bits per heavy atom. The largest absolute Gasteiger partial charge is 0.306 e. The van der Waals surface area contributed by atoms with Crippen molar-refractivity contribution >= 4 is 0 Å². The molecule has 19 heavy (non-hydrogen) atoms. The molecule has 100 valence electrons. The summed E-state index contributed by atoms with van der Waals surface area (Å²) in [5.74, 6) is 0. The highest BCUT2D eigenvalue weighted by Crippen LogP contribution is 2.31. The average molecular weight is 255 g/mol. The van der Waals surface area contributed by atoms with Crippen LogP contribution in [0.2, 0.25) is 0 Å². The second kappa shape index (κ2) is 4.82. The summed E-state index contributed by atoms with van der Waals surface area (Å²) in [6.45, 7) is 5.14. The van der Waals surface area contributed by atoms with Gasteiger partial charge in [-0.3, -0.25) is 4.68 Å². The molecule has 2 aromatic rings. The van der Waals surface area contributed by atoms with Crippen LogP contribution in [0.4, 0.5) is 0 Å². The van der Waals surface area contributed by atoms with E-state index >= 15 is 0 Å². The van der Waals surface area contributed by atoms with Crippen LogP contribution in [0.15, 0.2) is 24.3 Å². The lowest BCUT2D eigenvalue weighted by atomic mass is 10.1. The molecule has 1 unspecified atom stereocenters. The van der Waals surface area contributed by atoms with Gasteiger partial charge in [0.25, 0.3) is 0 Å². The summed E-state index contributed by atoms with van der Waals surface area (Å²) < 4.78 is 1.97. The van der Waals surface area contributed by atoms with Gasteiger partial charge in [-0.15, -0.1) is 0 Å². The standard InChI is InChI=1S/C16H21N3/c1-11-15(12(2)19(3)18-11)10-17-16-9-8-13-6-4-5-7-14(13)16/h4-7,16-17H,8-10H2,1-3H3. The Morgan fingerprint density at radius 3 is 2.84 bits per heavy atom. The first-order chi connectivity index (χ1) is 9.16. The molecule has 0 saturated carbocycles. The first-order valence-electron chi connectivity index (χ1n) is 6.97. The van der Waals surface area contributed by atoms with E-state index in [1.54, 1.807) is 0 Å². The summed E-state index contributed by atoms with van der Waals surface area (Å²) in [6.07, 6.45) is 2.40. The van der Waals surface area contributed by atoms with Gasteiger partial charge in [-0.25, -0.2) is 0 Å². The molecule has 0 bridgehead atoms. The van der Waals surface area contributed by atoms with Gasteiger partial charge in [0.2, 0.25) is 0 Å². The van der Waals surface area contributed by atoms with Crippen LogP contribution in [0.25, 0.3) is 0 Å². The molecule has 0 amide bonds. The van der Waals surface area contributed by atoms with Gasteiger partial charge >= 0.3 is 0 Å². The normalized spacial score (nSPS) is 17.7. The molecule has 1 aromatic heterocycles. The molecule has 1 atom stereocenters. The third-order valence-electron chi connectivity index (χ3n) is 4.32. The van der Waals surface area contributed by atoms with Gasteiger partial charge < -0.3 is 5.32 Å². The van der Waals surface area contributed by atoms with E-state index in [0.717, 1.165) is 12.2 Å². The van der Waals surface area contributed by atoms with E-state index < -0.39 is 0 Å². The number of fused-ring (bicyclic) bond motifs is 1. The molecule has 1 aromatic carbocycles. The molecule has 0 fully saturated rings. The minimum Gasteiger partial charge on any atom is -0.306 e. The summed E-state index contributed by atoms with van der Waals surface area (Å²) in [4.78, 5) is 0. The first-order valence-corrected chi connectivity index (χ1v) is 6.97. The molecule has 3 nitrogen and oxygen atoms in total. The first kappa shape index (κ1) is 12.4. The molecule has 1 aliphatic rings. The molecule has 3 rings (SSSR count). The van der Waals surface area contributed by atoms with Gasteiger partial charge in [0.05, 0.1) is 5.69 Å². The van der Waals surface area contributed by atoms with E-state index in [2.05, 4.69) is 48.5 Å². The molecule has 3 heteroatoms. The van der Waals surface area contributed by atoms with E-state index in [1.807, 2.05) is 11.7 Å². The molecule has 1 aliphatic carbocycles. The fourth-order valence-corrected chi connectivity index (χ4v) is 3.07. The number of aryl methyl sites for hydroxylation is 3. The highest BCUT2D eigenvalue weighted by Gasteiger charge is 2.21. The molecule has 0 saturated heterocycles. The van der Waals surface area contributed by atoms with Crippen molar-refractivity contribution < 1.29 is 0 Å². The van der Waals surface area contributed by atoms with Crippen molar-refractivity contribution in [1.82, 2.24) is 15.1 Å². The minimum atomic E-state index is 0.496. The van der Waals surface area contributed by atoms with Crippen molar-refractivity contribution in [2.75, 3.05) is 0 Å². The summed E-state index contributed by atoms with van der Waals surface area (Å²) in [5.41, 5.74) is 6.71. The maximum absolute atomic E-state index is 4.48. The lowest BCUT2D eigenvalue weighted by Crippen LogP contribution is -2.19. The fourth-order valence-electron chi connectivity index (χ4n) is 3.07. The second-order valence-electron chi connectivity index (χ2n) is 5.44. The maximum atomic E-state index is 4.48. The lowest BCUT2D eigenvalue weighted by Gasteiger charge is -2.14. The fraction of sp³-hybridized carbons (Fsp3) is 0.438. The van der Waals surface area contributed by atoms with Crippen LogP contribution in [0.1, 0.15) is 40.5 Å². The SMILES string of the molecule is Cc1nn(C)c(C)c1CNC1CCc2ccccc21. The predicted molar refractivity (Wildman–Crippen MR) is 77.0 cm³/mol. The number of hydrogen-bond donors (Lipinski definition) is 1. The van der Waals surface area contributed by atoms with Crippen molar-refractivity contribution in [3.05, 3.63) is 52.3 Å². The van der Waals surface area contributed by atoms with Crippen LogP contribution >= 0.6 is 0 Å². The lowest BCUT2D eigenvalue weighted by molar-refractivity contribution is 0.528. The number of aromatic nitrogens is 2. The topological polar surface area (TPSA) is 29.9 Å². The van der Waals surface area contributed by atoms with E-state index in [9.17, 15) is 0 Å². The van der Waals surface area contributed by atoms with Crippen LogP contribution in [0, 0.1) is 13.8 Å². The Kier molecular flexibility index (Phi) is 3.15. The molecule has 0 aliphatic heterocycles. The highest BCUT2D eigenvalue weighted by atomic mass is 15.3. The quantitative estimate of drug-likeness (QED) is 0.914. The number of nitrogens with zero attached hydrogens (tertiary/aromatic N) is 2. The van der Waals surface area contributed by atoms with Crippen molar-refractivity contribution in [3.63, 3.8) is 0 Å². The third-order valence-corrected chi connectivity index (χ3v) is 4.32. The second-order valence-corrected chi connectivity index (χ2v) is 5.44. The smallest absolute Gasteiger partial charge is 0.0641 e. The predicted octanol–water partition coefficient (Wildman–Crippen LogP) is 2.81. The average Bonchev–Trinajstić information content (AvgIpc) is 2.91. The van der Waals surface area contributed by atoms with Crippen molar-refractivity contribution in [2.24, 2.45) is 7.05 Å². The van der Waals surface area contributed by atoms with Gasteiger partial charge in [-0.2, -0.15) is 5.10 Å². The number of nitrogens with one attached hydrogen (secondary N) is 1. The van der Waals surface area contributed by atoms with Crippen LogP contribution in [-0.2, 0) is 20.0 Å². The molecular weight excluding hydrogens is 234 g/mol. The zero-order valence-electron chi connectivity index (χ0n) is 11.9. The Morgan fingerprint density at radius 1 is 1.32 bits per heavy atom. The van der Waals surface area contributed by atoms with Gasteiger partial charge in [-0.05, 0) is 37.8 Å². The Balaban J connectivity index is 1.74. The van der Waals surface area contributed by atoms with Gasteiger partial charge in [0.1, 0.15) is 0 Å². The van der Waals surface area contributed by atoms with E-state index in [-0.39, 0.29) is 0 Å². The zero-order chi connectivity index (χ0) is 13.4. The summed E-state index contributed by atoms with van der Waals surface area (Å²) >= 11 is 0. The number of benzene rings is 1. The van der Waals surface area contributed by atoms with Gasteiger partial charge in [0, 0.05) is 30.9 Å².